The number of hydrogen-bond donors (Lipinski definition) is 1. The van der Waals surface area contributed by atoms with Crippen LogP contribution < -0.4 is 5.32 Å². The van der Waals surface area contributed by atoms with E-state index in [0.29, 0.717) is 5.41 Å². The van der Waals surface area contributed by atoms with Gasteiger partial charge in [0.05, 0.1) is 6.61 Å². The Bertz CT molecular complexity index is 146. The lowest BCUT2D eigenvalue weighted by molar-refractivity contribution is -0.0516. The Morgan fingerprint density at radius 3 is 2.75 bits per heavy atom. The maximum absolute atomic E-state index is 5.65. The monoisotopic (exact) mass is 169 g/mol. The van der Waals surface area contributed by atoms with Crippen molar-refractivity contribution in [2.75, 3.05) is 26.3 Å². The Morgan fingerprint density at radius 2 is 2.08 bits per heavy atom. The van der Waals surface area contributed by atoms with E-state index in [4.69, 9.17) is 4.74 Å². The highest BCUT2D eigenvalue weighted by molar-refractivity contribution is 4.88. The predicted molar refractivity (Wildman–Crippen MR) is 49.1 cm³/mol. The molecule has 1 spiro atoms. The third-order valence-electron chi connectivity index (χ3n) is 3.26. The molecule has 2 heteroatoms. The van der Waals surface area contributed by atoms with Crippen LogP contribution in [0.5, 0.6) is 0 Å². The topological polar surface area (TPSA) is 21.3 Å². The first kappa shape index (κ1) is 8.52. The third kappa shape index (κ3) is 1.64. The van der Waals surface area contributed by atoms with Gasteiger partial charge in [0.2, 0.25) is 0 Å². The van der Waals surface area contributed by atoms with Gasteiger partial charge in [-0.3, -0.25) is 0 Å². The van der Waals surface area contributed by atoms with Crippen LogP contribution in [-0.2, 0) is 4.74 Å². The smallest absolute Gasteiger partial charge is 0.0523 e. The van der Waals surface area contributed by atoms with Gasteiger partial charge in [-0.05, 0) is 43.7 Å². The minimum absolute atomic E-state index is 0.545. The van der Waals surface area contributed by atoms with Crippen molar-refractivity contribution in [1.82, 2.24) is 5.32 Å². The van der Waals surface area contributed by atoms with Crippen molar-refractivity contribution in [2.45, 2.75) is 26.2 Å². The molecule has 0 saturated carbocycles. The van der Waals surface area contributed by atoms with E-state index in [-0.39, 0.29) is 0 Å². The molecule has 12 heavy (non-hydrogen) atoms. The van der Waals surface area contributed by atoms with Gasteiger partial charge in [-0.1, -0.05) is 6.92 Å². The molecule has 1 atom stereocenters. The van der Waals surface area contributed by atoms with Gasteiger partial charge >= 0.3 is 0 Å². The Kier molecular flexibility index (Phi) is 2.37. The largest absolute Gasteiger partial charge is 0.381 e. The molecule has 2 fully saturated rings. The summed E-state index contributed by atoms with van der Waals surface area (Å²) in [5, 5.41) is 3.42. The second kappa shape index (κ2) is 3.35. The highest BCUT2D eigenvalue weighted by Crippen LogP contribution is 2.38. The van der Waals surface area contributed by atoms with Gasteiger partial charge < -0.3 is 10.1 Å². The summed E-state index contributed by atoms with van der Waals surface area (Å²) in [6.07, 6.45) is 4.02. The van der Waals surface area contributed by atoms with Crippen LogP contribution in [-0.4, -0.2) is 26.3 Å². The SMILES string of the molecule is CC1COCC2(CCNCC2)C1. The van der Waals surface area contributed by atoms with Gasteiger partial charge in [-0.2, -0.15) is 0 Å². The van der Waals surface area contributed by atoms with Crippen molar-refractivity contribution in [3.63, 3.8) is 0 Å². The number of ether oxygens (including phenoxy) is 1. The first-order valence-electron chi connectivity index (χ1n) is 5.09. The molecule has 0 amide bonds. The first-order chi connectivity index (χ1) is 5.81. The van der Waals surface area contributed by atoms with Crippen LogP contribution in [0.4, 0.5) is 0 Å². The zero-order valence-electron chi connectivity index (χ0n) is 7.94. The van der Waals surface area contributed by atoms with E-state index >= 15 is 0 Å². The van der Waals surface area contributed by atoms with E-state index in [0.717, 1.165) is 19.1 Å². The highest BCUT2D eigenvalue weighted by atomic mass is 16.5. The van der Waals surface area contributed by atoms with Gasteiger partial charge in [0.25, 0.3) is 0 Å². The van der Waals surface area contributed by atoms with Crippen LogP contribution in [0, 0.1) is 11.3 Å². The maximum atomic E-state index is 5.65. The maximum Gasteiger partial charge on any atom is 0.0523 e. The molecule has 2 saturated heterocycles. The lowest BCUT2D eigenvalue weighted by Crippen LogP contribution is -2.44. The fourth-order valence-corrected chi connectivity index (χ4v) is 2.64. The van der Waals surface area contributed by atoms with Crippen LogP contribution in [0.25, 0.3) is 0 Å². The molecule has 2 rings (SSSR count). The summed E-state index contributed by atoms with van der Waals surface area (Å²) in [7, 11) is 0. The van der Waals surface area contributed by atoms with Crippen molar-refractivity contribution in [2.24, 2.45) is 11.3 Å². The van der Waals surface area contributed by atoms with Crippen LogP contribution >= 0.6 is 0 Å². The Labute approximate surface area is 74.7 Å². The predicted octanol–water partition coefficient (Wildman–Crippen LogP) is 1.41. The summed E-state index contributed by atoms with van der Waals surface area (Å²) in [5.41, 5.74) is 0.545. The van der Waals surface area contributed by atoms with Crippen molar-refractivity contribution in [3.05, 3.63) is 0 Å². The molecule has 2 aliphatic rings. The number of piperidine rings is 1. The average molecular weight is 169 g/mol. The molecule has 0 aromatic carbocycles. The second-order valence-electron chi connectivity index (χ2n) is 4.57. The van der Waals surface area contributed by atoms with Crippen LogP contribution in [0.15, 0.2) is 0 Å². The average Bonchev–Trinajstić information content (AvgIpc) is 2.05. The Morgan fingerprint density at radius 1 is 1.33 bits per heavy atom. The summed E-state index contributed by atoms with van der Waals surface area (Å²) in [5.74, 6) is 0.775. The molecule has 1 N–H and O–H groups in total. The van der Waals surface area contributed by atoms with Gasteiger partial charge in [-0.15, -0.1) is 0 Å². The van der Waals surface area contributed by atoms with Crippen LogP contribution in [0.1, 0.15) is 26.2 Å². The van der Waals surface area contributed by atoms with E-state index < -0.39 is 0 Å². The van der Waals surface area contributed by atoms with E-state index in [1.807, 2.05) is 0 Å². The first-order valence-corrected chi connectivity index (χ1v) is 5.09. The molecular weight excluding hydrogens is 150 g/mol. The van der Waals surface area contributed by atoms with E-state index in [1.54, 1.807) is 0 Å². The Hall–Kier alpha value is -0.0800. The normalized spacial score (nSPS) is 35.2. The number of hydrogen-bond acceptors (Lipinski definition) is 2. The molecule has 0 aromatic rings. The summed E-state index contributed by atoms with van der Waals surface area (Å²) in [4.78, 5) is 0. The fourth-order valence-electron chi connectivity index (χ4n) is 2.64. The van der Waals surface area contributed by atoms with Gasteiger partial charge in [0.15, 0.2) is 0 Å². The minimum Gasteiger partial charge on any atom is -0.381 e. The standard InChI is InChI=1S/C10H19NO/c1-9-6-10(8-12-7-9)2-4-11-5-3-10/h9,11H,2-8H2,1H3. The van der Waals surface area contributed by atoms with E-state index in [1.165, 1.54) is 32.4 Å². The van der Waals surface area contributed by atoms with Crippen molar-refractivity contribution in [1.29, 1.82) is 0 Å². The van der Waals surface area contributed by atoms with E-state index in [2.05, 4.69) is 12.2 Å². The lowest BCUT2D eigenvalue weighted by Gasteiger charge is -2.42. The molecular formula is C10H19NO. The minimum atomic E-state index is 0.545. The summed E-state index contributed by atoms with van der Waals surface area (Å²) in [6.45, 7) is 6.68. The van der Waals surface area contributed by atoms with Crippen molar-refractivity contribution < 1.29 is 4.74 Å². The molecule has 2 aliphatic heterocycles. The molecule has 2 nitrogen and oxygen atoms in total. The van der Waals surface area contributed by atoms with Crippen molar-refractivity contribution >= 4 is 0 Å². The van der Waals surface area contributed by atoms with Crippen LogP contribution in [0.3, 0.4) is 0 Å². The molecule has 0 aromatic heterocycles. The third-order valence-corrected chi connectivity index (χ3v) is 3.26. The molecule has 70 valence electrons. The zero-order valence-corrected chi connectivity index (χ0v) is 7.94. The molecule has 0 aliphatic carbocycles. The molecule has 0 bridgehead atoms. The highest BCUT2D eigenvalue weighted by Gasteiger charge is 2.36. The Balaban J connectivity index is 1.97. The fraction of sp³-hybridized carbons (Fsp3) is 1.00. The van der Waals surface area contributed by atoms with E-state index in [9.17, 15) is 0 Å². The second-order valence-corrected chi connectivity index (χ2v) is 4.57. The molecule has 2 heterocycles. The molecule has 0 radical (unpaired) electrons. The zero-order chi connectivity index (χ0) is 8.44. The van der Waals surface area contributed by atoms with Gasteiger partial charge in [-0.25, -0.2) is 0 Å². The van der Waals surface area contributed by atoms with Crippen LogP contribution in [0.2, 0.25) is 0 Å². The number of rotatable bonds is 0. The van der Waals surface area contributed by atoms with Crippen molar-refractivity contribution in [3.8, 4) is 0 Å². The van der Waals surface area contributed by atoms with Gasteiger partial charge in [0, 0.05) is 6.61 Å². The number of nitrogens with one attached hydrogen (secondary N) is 1. The summed E-state index contributed by atoms with van der Waals surface area (Å²) in [6, 6.07) is 0. The quantitative estimate of drug-likeness (QED) is 0.592. The summed E-state index contributed by atoms with van der Waals surface area (Å²) >= 11 is 0. The van der Waals surface area contributed by atoms with Gasteiger partial charge in [0.1, 0.15) is 0 Å². The lowest BCUT2D eigenvalue weighted by atomic mass is 9.72. The molecule has 1 unspecified atom stereocenters. The summed E-state index contributed by atoms with van der Waals surface area (Å²) < 4.78 is 5.65.